The van der Waals surface area contributed by atoms with E-state index in [1.807, 2.05) is 0 Å². The number of hydrogen-bond acceptors (Lipinski definition) is 5. The molecule has 2 N–H and O–H groups in total. The minimum Gasteiger partial charge on any atom is -0.267 e. The molecule has 0 saturated heterocycles. The molecule has 0 atom stereocenters. The topological polar surface area (TPSA) is 114 Å². The molecule has 9 heteroatoms. The second kappa shape index (κ2) is 6.64. The van der Waals surface area contributed by atoms with Crippen molar-refractivity contribution in [2.75, 3.05) is 0 Å². The van der Waals surface area contributed by atoms with Gasteiger partial charge < -0.3 is 0 Å². The molecule has 0 spiro atoms. The first kappa shape index (κ1) is 15.4. The maximum Gasteiger partial charge on any atom is 0.283 e. The smallest absolute Gasteiger partial charge is 0.267 e. The van der Waals surface area contributed by atoms with E-state index in [2.05, 4.69) is 15.8 Å². The molecule has 2 amide bonds. The number of hydrogen-bond donors (Lipinski definition) is 2. The number of carbonyl (C=O) groups is 2. The van der Waals surface area contributed by atoms with Gasteiger partial charge in [-0.1, -0.05) is 11.6 Å². The maximum absolute atomic E-state index is 11.9. The van der Waals surface area contributed by atoms with E-state index in [9.17, 15) is 19.7 Å². The summed E-state index contributed by atoms with van der Waals surface area (Å²) in [4.78, 5) is 37.6. The van der Waals surface area contributed by atoms with Gasteiger partial charge in [0.1, 0.15) is 5.56 Å². The van der Waals surface area contributed by atoms with E-state index in [0.717, 1.165) is 6.07 Å². The van der Waals surface area contributed by atoms with Crippen LogP contribution in [0.15, 0.2) is 42.7 Å². The number of aromatic nitrogens is 1. The van der Waals surface area contributed by atoms with Crippen molar-refractivity contribution in [3.63, 3.8) is 0 Å². The van der Waals surface area contributed by atoms with Crippen molar-refractivity contribution < 1.29 is 14.5 Å². The van der Waals surface area contributed by atoms with Crippen LogP contribution < -0.4 is 10.9 Å². The average molecular weight is 321 g/mol. The third-order valence-corrected chi connectivity index (χ3v) is 2.85. The molecule has 1 aromatic heterocycles. The fourth-order valence-corrected chi connectivity index (χ4v) is 1.76. The normalized spacial score (nSPS) is 9.86. The zero-order valence-corrected chi connectivity index (χ0v) is 11.7. The largest absolute Gasteiger partial charge is 0.283 e. The lowest BCUT2D eigenvalue weighted by Gasteiger charge is -2.07. The van der Waals surface area contributed by atoms with Gasteiger partial charge in [-0.05, 0) is 24.3 Å². The maximum atomic E-state index is 11.9. The van der Waals surface area contributed by atoms with Crippen LogP contribution in [0.1, 0.15) is 20.7 Å². The Morgan fingerprint density at radius 3 is 2.55 bits per heavy atom. The lowest BCUT2D eigenvalue weighted by molar-refractivity contribution is -0.385. The molecule has 0 saturated carbocycles. The van der Waals surface area contributed by atoms with Gasteiger partial charge in [-0.15, -0.1) is 0 Å². The molecule has 22 heavy (non-hydrogen) atoms. The van der Waals surface area contributed by atoms with E-state index in [4.69, 9.17) is 11.6 Å². The van der Waals surface area contributed by atoms with Crippen LogP contribution >= 0.6 is 11.6 Å². The van der Waals surface area contributed by atoms with E-state index in [-0.39, 0.29) is 16.1 Å². The standard InChI is InChI=1S/C13H9ClN4O4/c14-9-3-4-10(11(6-9)18(21)22)13(20)17-16-12(19)8-2-1-5-15-7-8/h1-7H,(H,16,19)(H,17,20). The molecule has 1 aromatic carbocycles. The Hall–Kier alpha value is -3.00. The molecule has 0 aliphatic rings. The minimum atomic E-state index is -0.833. The van der Waals surface area contributed by atoms with E-state index in [1.54, 1.807) is 6.07 Å². The lowest BCUT2D eigenvalue weighted by atomic mass is 10.1. The molecule has 8 nitrogen and oxygen atoms in total. The van der Waals surface area contributed by atoms with Gasteiger partial charge in [0.05, 0.1) is 10.5 Å². The number of benzene rings is 1. The average Bonchev–Trinajstić information content (AvgIpc) is 2.53. The van der Waals surface area contributed by atoms with Gasteiger partial charge >= 0.3 is 0 Å². The number of halogens is 1. The Labute approximate surface area is 129 Å². The SMILES string of the molecule is O=C(NNC(=O)c1ccc(Cl)cc1[N+](=O)[O-])c1cccnc1. The second-order valence-electron chi connectivity index (χ2n) is 4.07. The molecule has 0 radical (unpaired) electrons. The predicted octanol–water partition coefficient (Wildman–Crippen LogP) is 1.72. The first-order chi connectivity index (χ1) is 10.5. The van der Waals surface area contributed by atoms with Gasteiger partial charge in [0.25, 0.3) is 17.5 Å². The highest BCUT2D eigenvalue weighted by atomic mass is 35.5. The summed E-state index contributed by atoms with van der Waals surface area (Å²) in [6.45, 7) is 0. The highest BCUT2D eigenvalue weighted by Gasteiger charge is 2.21. The summed E-state index contributed by atoms with van der Waals surface area (Å²) >= 11 is 5.66. The fourth-order valence-electron chi connectivity index (χ4n) is 1.60. The predicted molar refractivity (Wildman–Crippen MR) is 77.3 cm³/mol. The number of nitrogens with zero attached hydrogens (tertiary/aromatic N) is 2. The van der Waals surface area contributed by atoms with Crippen molar-refractivity contribution >= 4 is 29.1 Å². The third-order valence-electron chi connectivity index (χ3n) is 2.61. The lowest BCUT2D eigenvalue weighted by Crippen LogP contribution is -2.41. The summed E-state index contributed by atoms with van der Waals surface area (Å²) in [5, 5.41) is 11.0. The van der Waals surface area contributed by atoms with E-state index in [0.29, 0.717) is 0 Å². The second-order valence-corrected chi connectivity index (χ2v) is 4.50. The van der Waals surface area contributed by atoms with E-state index >= 15 is 0 Å². The van der Waals surface area contributed by atoms with E-state index in [1.165, 1.54) is 30.6 Å². The molecule has 112 valence electrons. The minimum absolute atomic E-state index is 0.127. The van der Waals surface area contributed by atoms with Crippen molar-refractivity contribution in [2.45, 2.75) is 0 Å². The number of nitrogens with one attached hydrogen (secondary N) is 2. The van der Waals surface area contributed by atoms with Crippen LogP contribution in [-0.4, -0.2) is 21.7 Å². The highest BCUT2D eigenvalue weighted by molar-refractivity contribution is 6.31. The van der Waals surface area contributed by atoms with Gasteiger partial charge in [0.2, 0.25) is 0 Å². The Kier molecular flexibility index (Phi) is 4.64. The number of pyridine rings is 1. The fraction of sp³-hybridized carbons (Fsp3) is 0. The van der Waals surface area contributed by atoms with Crippen LogP contribution in [0.3, 0.4) is 0 Å². The number of nitro groups is 1. The zero-order chi connectivity index (χ0) is 16.1. The summed E-state index contributed by atoms with van der Waals surface area (Å²) in [7, 11) is 0. The van der Waals surface area contributed by atoms with Gasteiger partial charge in [-0.3, -0.25) is 35.5 Å². The summed E-state index contributed by atoms with van der Waals surface area (Å²) in [6.07, 6.45) is 2.80. The van der Waals surface area contributed by atoms with Gasteiger partial charge in [-0.25, -0.2) is 0 Å². The molecule has 2 aromatic rings. The van der Waals surface area contributed by atoms with Crippen LogP contribution in [0.5, 0.6) is 0 Å². The first-order valence-electron chi connectivity index (χ1n) is 5.93. The van der Waals surface area contributed by atoms with Gasteiger partial charge in [0.15, 0.2) is 0 Å². The number of nitro benzene ring substituents is 1. The van der Waals surface area contributed by atoms with Crippen LogP contribution in [0.4, 0.5) is 5.69 Å². The molecular weight excluding hydrogens is 312 g/mol. The molecule has 0 aliphatic carbocycles. The van der Waals surface area contributed by atoms with Gasteiger partial charge in [0, 0.05) is 23.5 Å². The number of hydrazine groups is 1. The van der Waals surface area contributed by atoms with E-state index < -0.39 is 22.4 Å². The number of carbonyl (C=O) groups excluding carboxylic acids is 2. The Balaban J connectivity index is 2.10. The summed E-state index contributed by atoms with van der Waals surface area (Å²) in [5.74, 6) is -1.43. The molecule has 2 rings (SSSR count). The van der Waals surface area contributed by atoms with Crippen molar-refractivity contribution in [1.29, 1.82) is 0 Å². The molecule has 1 heterocycles. The molecule has 0 bridgehead atoms. The monoisotopic (exact) mass is 320 g/mol. The quantitative estimate of drug-likeness (QED) is 0.660. The Bertz CT molecular complexity index is 736. The molecule has 0 aliphatic heterocycles. The zero-order valence-electron chi connectivity index (χ0n) is 10.9. The molecule has 0 unspecified atom stereocenters. The van der Waals surface area contributed by atoms with Crippen LogP contribution in [0, 0.1) is 10.1 Å². The summed E-state index contributed by atoms with van der Waals surface area (Å²) in [5.41, 5.74) is 3.79. The highest BCUT2D eigenvalue weighted by Crippen LogP contribution is 2.22. The Morgan fingerprint density at radius 2 is 1.91 bits per heavy atom. The van der Waals surface area contributed by atoms with Gasteiger partial charge in [-0.2, -0.15) is 0 Å². The number of amides is 2. The van der Waals surface area contributed by atoms with Crippen molar-refractivity contribution in [3.8, 4) is 0 Å². The van der Waals surface area contributed by atoms with Crippen LogP contribution in [0.2, 0.25) is 5.02 Å². The Morgan fingerprint density at radius 1 is 1.18 bits per heavy atom. The third kappa shape index (κ3) is 3.55. The molecule has 0 fully saturated rings. The molecular formula is C13H9ClN4O4. The van der Waals surface area contributed by atoms with Crippen LogP contribution in [0.25, 0.3) is 0 Å². The number of rotatable bonds is 3. The van der Waals surface area contributed by atoms with Crippen molar-refractivity contribution in [1.82, 2.24) is 15.8 Å². The van der Waals surface area contributed by atoms with Crippen molar-refractivity contribution in [2.24, 2.45) is 0 Å². The van der Waals surface area contributed by atoms with Crippen molar-refractivity contribution in [3.05, 3.63) is 69.0 Å². The van der Waals surface area contributed by atoms with Crippen LogP contribution in [-0.2, 0) is 0 Å². The first-order valence-corrected chi connectivity index (χ1v) is 6.31. The summed E-state index contributed by atoms with van der Waals surface area (Å²) in [6, 6.07) is 6.65. The summed E-state index contributed by atoms with van der Waals surface area (Å²) < 4.78 is 0.